The Bertz CT molecular complexity index is 614. The molecule has 5 nitrogen and oxygen atoms in total. The quantitative estimate of drug-likeness (QED) is 0.801. The summed E-state index contributed by atoms with van der Waals surface area (Å²) in [5.74, 6) is 1.99. The normalized spacial score (nSPS) is 15.3. The summed E-state index contributed by atoms with van der Waals surface area (Å²) in [5.41, 5.74) is 2.15. The molecule has 0 saturated heterocycles. The van der Waals surface area contributed by atoms with Gasteiger partial charge in [0.15, 0.2) is 0 Å². The van der Waals surface area contributed by atoms with Gasteiger partial charge in [0.1, 0.15) is 12.8 Å². The molecule has 1 aliphatic heterocycles. The number of nitrogens with zero attached hydrogens (tertiary/aromatic N) is 2. The molecule has 0 aliphatic carbocycles. The number of nitrogens with one attached hydrogen (secondary N) is 1. The molecule has 0 amide bonds. The molecule has 0 saturated carbocycles. The first-order chi connectivity index (χ1) is 9.24. The zero-order valence-electron chi connectivity index (χ0n) is 10.8. The van der Waals surface area contributed by atoms with Crippen LogP contribution in [0.1, 0.15) is 12.2 Å². The predicted octanol–water partition coefficient (Wildman–Crippen LogP) is 1.41. The van der Waals surface area contributed by atoms with Gasteiger partial charge in [0, 0.05) is 17.6 Å². The number of aromatic hydroxyl groups is 1. The smallest absolute Gasteiger partial charge is 0.347 e. The summed E-state index contributed by atoms with van der Waals surface area (Å²) < 4.78 is 7.23. The largest absolute Gasteiger partial charge is 0.508 e. The molecule has 0 atom stereocenters. The van der Waals surface area contributed by atoms with E-state index in [4.69, 9.17) is 4.74 Å². The van der Waals surface area contributed by atoms with E-state index in [0.29, 0.717) is 6.61 Å². The standard InChI is InChI=1S/C14H15N3O2/c1-17-14(11-6-8-19-9-7-11)15-13(16-17)10-2-4-12(18)5-3-10/h2-6H,7-9H2,1H3,(H,16,18)/p+1. The Kier molecular flexibility index (Phi) is 3.05. The van der Waals surface area contributed by atoms with Gasteiger partial charge in [-0.1, -0.05) is 0 Å². The van der Waals surface area contributed by atoms with Gasteiger partial charge in [-0.3, -0.25) is 0 Å². The number of phenols is 1. The van der Waals surface area contributed by atoms with Crippen LogP contribution in [0.2, 0.25) is 0 Å². The highest BCUT2D eigenvalue weighted by atomic mass is 16.5. The third-order valence-corrected chi connectivity index (χ3v) is 3.20. The van der Waals surface area contributed by atoms with Crippen LogP contribution >= 0.6 is 0 Å². The van der Waals surface area contributed by atoms with E-state index in [1.807, 2.05) is 23.9 Å². The monoisotopic (exact) mass is 258 g/mol. The molecule has 3 rings (SSSR count). The van der Waals surface area contributed by atoms with Crippen molar-refractivity contribution in [3.05, 3.63) is 36.2 Å². The van der Waals surface area contributed by atoms with Crippen molar-refractivity contribution in [3.8, 4) is 17.1 Å². The molecule has 0 bridgehead atoms. The molecule has 2 N–H and O–H groups in total. The fourth-order valence-corrected chi connectivity index (χ4v) is 2.18. The lowest BCUT2D eigenvalue weighted by atomic mass is 10.1. The molecular weight excluding hydrogens is 242 g/mol. The summed E-state index contributed by atoms with van der Waals surface area (Å²) >= 11 is 0. The first-order valence-electron chi connectivity index (χ1n) is 6.26. The van der Waals surface area contributed by atoms with Gasteiger partial charge in [-0.05, 0) is 35.3 Å². The van der Waals surface area contributed by atoms with E-state index in [2.05, 4.69) is 16.2 Å². The summed E-state index contributed by atoms with van der Waals surface area (Å²) in [6, 6.07) is 7.00. The fourth-order valence-electron chi connectivity index (χ4n) is 2.18. The number of aromatic nitrogens is 3. The SMILES string of the molecule is C[n+]1[nH]c(-c2ccc(O)cc2)nc1C1=CCOCC1. The Balaban J connectivity index is 1.97. The van der Waals surface area contributed by atoms with Crippen LogP contribution in [-0.4, -0.2) is 28.4 Å². The van der Waals surface area contributed by atoms with Crippen molar-refractivity contribution in [1.29, 1.82) is 0 Å². The Morgan fingerprint density at radius 3 is 2.79 bits per heavy atom. The first kappa shape index (κ1) is 11.9. The number of benzene rings is 1. The highest BCUT2D eigenvalue weighted by molar-refractivity contribution is 5.62. The molecule has 0 spiro atoms. The third kappa shape index (κ3) is 2.37. The second-order valence-corrected chi connectivity index (χ2v) is 4.56. The van der Waals surface area contributed by atoms with Crippen molar-refractivity contribution >= 4 is 5.57 Å². The highest BCUT2D eigenvalue weighted by Gasteiger charge is 2.23. The average molecular weight is 258 g/mol. The van der Waals surface area contributed by atoms with Crippen LogP contribution in [0.3, 0.4) is 0 Å². The van der Waals surface area contributed by atoms with Gasteiger partial charge >= 0.3 is 5.82 Å². The maximum Gasteiger partial charge on any atom is 0.347 e. The topological polar surface area (TPSA) is 62.0 Å². The van der Waals surface area contributed by atoms with Crippen LogP contribution in [0.5, 0.6) is 5.75 Å². The van der Waals surface area contributed by atoms with Crippen molar-refractivity contribution in [2.75, 3.05) is 13.2 Å². The van der Waals surface area contributed by atoms with E-state index in [-0.39, 0.29) is 5.75 Å². The zero-order valence-corrected chi connectivity index (χ0v) is 10.8. The van der Waals surface area contributed by atoms with Gasteiger partial charge in [-0.25, -0.2) is 0 Å². The lowest BCUT2D eigenvalue weighted by molar-refractivity contribution is -0.729. The Morgan fingerprint density at radius 1 is 1.32 bits per heavy atom. The second kappa shape index (κ2) is 4.85. The Labute approximate surface area is 111 Å². The van der Waals surface area contributed by atoms with Crippen LogP contribution in [0.4, 0.5) is 0 Å². The number of aromatic amines is 1. The molecule has 1 aromatic carbocycles. The van der Waals surface area contributed by atoms with E-state index in [9.17, 15) is 5.11 Å². The maximum absolute atomic E-state index is 9.31. The molecule has 5 heteroatoms. The van der Waals surface area contributed by atoms with Crippen LogP contribution in [-0.2, 0) is 11.8 Å². The maximum atomic E-state index is 9.31. The van der Waals surface area contributed by atoms with E-state index >= 15 is 0 Å². The minimum atomic E-state index is 0.257. The molecule has 2 heterocycles. The van der Waals surface area contributed by atoms with Crippen molar-refractivity contribution < 1.29 is 14.5 Å². The lowest BCUT2D eigenvalue weighted by Crippen LogP contribution is -2.34. The number of hydrogen-bond donors (Lipinski definition) is 2. The van der Waals surface area contributed by atoms with Crippen molar-refractivity contribution in [2.24, 2.45) is 7.05 Å². The molecule has 2 aromatic rings. The van der Waals surface area contributed by atoms with Crippen LogP contribution in [0.15, 0.2) is 30.3 Å². The first-order valence-corrected chi connectivity index (χ1v) is 6.26. The summed E-state index contributed by atoms with van der Waals surface area (Å²) in [6.07, 6.45) is 2.95. The van der Waals surface area contributed by atoms with E-state index in [1.54, 1.807) is 12.1 Å². The van der Waals surface area contributed by atoms with Crippen molar-refractivity contribution in [1.82, 2.24) is 10.1 Å². The number of H-pyrrole nitrogens is 1. The molecular formula is C14H16N3O2+. The van der Waals surface area contributed by atoms with Crippen molar-refractivity contribution in [3.63, 3.8) is 0 Å². The number of rotatable bonds is 2. The van der Waals surface area contributed by atoms with E-state index in [1.165, 1.54) is 5.57 Å². The summed E-state index contributed by atoms with van der Waals surface area (Å²) in [6.45, 7) is 1.39. The van der Waals surface area contributed by atoms with Gasteiger partial charge in [0.05, 0.1) is 13.2 Å². The zero-order chi connectivity index (χ0) is 13.2. The van der Waals surface area contributed by atoms with Crippen LogP contribution < -0.4 is 4.68 Å². The van der Waals surface area contributed by atoms with Crippen LogP contribution in [0, 0.1) is 0 Å². The second-order valence-electron chi connectivity index (χ2n) is 4.56. The lowest BCUT2D eigenvalue weighted by Gasteiger charge is -2.08. The van der Waals surface area contributed by atoms with Crippen LogP contribution in [0.25, 0.3) is 17.0 Å². The molecule has 1 aliphatic rings. The summed E-state index contributed by atoms with van der Waals surface area (Å²) in [7, 11) is 1.95. The van der Waals surface area contributed by atoms with E-state index < -0.39 is 0 Å². The van der Waals surface area contributed by atoms with Gasteiger partial charge in [-0.2, -0.15) is 9.78 Å². The third-order valence-electron chi connectivity index (χ3n) is 3.20. The van der Waals surface area contributed by atoms with Gasteiger partial charge in [-0.15, -0.1) is 0 Å². The Hall–Kier alpha value is -2.14. The number of ether oxygens (including phenoxy) is 1. The number of aryl methyl sites for hydroxylation is 1. The molecule has 0 fully saturated rings. The summed E-state index contributed by atoms with van der Waals surface area (Å²) in [4.78, 5) is 4.64. The molecule has 1 aromatic heterocycles. The Morgan fingerprint density at radius 2 is 2.11 bits per heavy atom. The molecule has 19 heavy (non-hydrogen) atoms. The minimum Gasteiger partial charge on any atom is -0.508 e. The highest BCUT2D eigenvalue weighted by Crippen LogP contribution is 2.21. The number of hydrogen-bond acceptors (Lipinski definition) is 3. The number of phenolic OH excluding ortho intramolecular Hbond substituents is 1. The van der Waals surface area contributed by atoms with Gasteiger partial charge in [0.2, 0.25) is 0 Å². The molecule has 0 unspecified atom stereocenters. The predicted molar refractivity (Wildman–Crippen MR) is 70.3 cm³/mol. The minimum absolute atomic E-state index is 0.257. The van der Waals surface area contributed by atoms with Crippen molar-refractivity contribution in [2.45, 2.75) is 6.42 Å². The average Bonchev–Trinajstić information content (AvgIpc) is 2.83. The summed E-state index contributed by atoms with van der Waals surface area (Å²) in [5, 5.41) is 12.5. The van der Waals surface area contributed by atoms with Gasteiger partial charge in [0.25, 0.3) is 5.82 Å². The van der Waals surface area contributed by atoms with E-state index in [0.717, 1.165) is 30.2 Å². The molecule has 0 radical (unpaired) electrons. The molecule has 98 valence electrons. The fraction of sp³-hybridized carbons (Fsp3) is 0.286. The van der Waals surface area contributed by atoms with Gasteiger partial charge < -0.3 is 9.84 Å².